The summed E-state index contributed by atoms with van der Waals surface area (Å²) in [5.41, 5.74) is 9.51. The molecule has 0 atom stereocenters. The van der Waals surface area contributed by atoms with Crippen LogP contribution in [0, 0.1) is 41.5 Å². The van der Waals surface area contributed by atoms with Crippen molar-refractivity contribution in [3.05, 3.63) is 50.4 Å². The third-order valence-electron chi connectivity index (χ3n) is 4.57. The Hall–Kier alpha value is -1.68. The van der Waals surface area contributed by atoms with Crippen molar-refractivity contribution in [2.45, 2.75) is 41.5 Å². The first-order chi connectivity index (χ1) is 10.3. The second-order valence-electron chi connectivity index (χ2n) is 6.03. The van der Waals surface area contributed by atoms with Crippen LogP contribution in [0.25, 0.3) is 17.0 Å². The highest BCUT2D eigenvalue weighted by atomic mass is 79.9. The minimum atomic E-state index is 0.756. The maximum Gasteiger partial charge on any atom is 0.234 e. The molecule has 0 N–H and O–H groups in total. The van der Waals surface area contributed by atoms with Gasteiger partial charge >= 0.3 is 0 Å². The molecule has 0 bridgehead atoms. The van der Waals surface area contributed by atoms with Gasteiger partial charge in [0.25, 0.3) is 0 Å². The fourth-order valence-electron chi connectivity index (χ4n) is 2.98. The van der Waals surface area contributed by atoms with Crippen molar-refractivity contribution in [1.29, 1.82) is 0 Å². The van der Waals surface area contributed by atoms with E-state index in [9.17, 15) is 0 Å². The van der Waals surface area contributed by atoms with Gasteiger partial charge in [0.15, 0.2) is 0 Å². The van der Waals surface area contributed by atoms with Crippen LogP contribution in [0.1, 0.15) is 33.6 Å². The molecule has 3 nitrogen and oxygen atoms in total. The Bertz CT molecular complexity index is 881. The number of nitrogens with zero attached hydrogens (tertiary/aromatic N) is 3. The molecule has 2 aromatic heterocycles. The zero-order valence-electron chi connectivity index (χ0n) is 13.9. The maximum absolute atomic E-state index is 4.78. The standard InChI is InChI=1S/C18H20BrN3/c1-9-7-10(2)12(4)16(11(9)3)15-8-22-14(6)17(19)13(5)20-18(22)21-15/h7-8H,1-6H3. The lowest BCUT2D eigenvalue weighted by Crippen LogP contribution is -1.97. The Labute approximate surface area is 139 Å². The van der Waals surface area contributed by atoms with Gasteiger partial charge in [-0.2, -0.15) is 0 Å². The minimum Gasteiger partial charge on any atom is -0.287 e. The summed E-state index contributed by atoms with van der Waals surface area (Å²) in [5.74, 6) is 0.756. The van der Waals surface area contributed by atoms with Crippen molar-refractivity contribution in [3.8, 4) is 11.3 Å². The van der Waals surface area contributed by atoms with Gasteiger partial charge in [-0.05, 0) is 79.7 Å². The first-order valence-electron chi connectivity index (χ1n) is 7.40. The van der Waals surface area contributed by atoms with Crippen LogP contribution in [-0.2, 0) is 0 Å². The highest BCUT2D eigenvalue weighted by molar-refractivity contribution is 9.10. The summed E-state index contributed by atoms with van der Waals surface area (Å²) in [4.78, 5) is 9.37. The number of halogens is 1. The minimum absolute atomic E-state index is 0.756. The van der Waals surface area contributed by atoms with Crippen LogP contribution in [0.4, 0.5) is 0 Å². The molecule has 3 rings (SSSR count). The molecule has 0 aliphatic carbocycles. The second kappa shape index (κ2) is 5.20. The lowest BCUT2D eigenvalue weighted by molar-refractivity contribution is 0.996. The van der Waals surface area contributed by atoms with Gasteiger partial charge in [-0.1, -0.05) is 6.07 Å². The Kier molecular flexibility index (Phi) is 3.60. The zero-order chi connectivity index (χ0) is 16.2. The van der Waals surface area contributed by atoms with E-state index in [4.69, 9.17) is 4.98 Å². The van der Waals surface area contributed by atoms with E-state index in [1.807, 2.05) is 6.92 Å². The largest absolute Gasteiger partial charge is 0.287 e. The highest BCUT2D eigenvalue weighted by Gasteiger charge is 2.16. The van der Waals surface area contributed by atoms with Crippen LogP contribution < -0.4 is 0 Å². The molecular formula is C18H20BrN3. The van der Waals surface area contributed by atoms with Gasteiger partial charge in [0.2, 0.25) is 5.78 Å². The number of rotatable bonds is 1. The molecule has 3 aromatic rings. The summed E-state index contributed by atoms with van der Waals surface area (Å²) in [7, 11) is 0. The Morgan fingerprint density at radius 3 is 2.09 bits per heavy atom. The summed E-state index contributed by atoms with van der Waals surface area (Å²) >= 11 is 3.61. The number of aryl methyl sites for hydroxylation is 4. The van der Waals surface area contributed by atoms with Crippen LogP contribution >= 0.6 is 15.9 Å². The summed E-state index contributed by atoms with van der Waals surface area (Å²) in [6, 6.07) is 2.24. The summed E-state index contributed by atoms with van der Waals surface area (Å²) in [5, 5.41) is 0. The first kappa shape index (κ1) is 15.2. The number of aromatic nitrogens is 3. The van der Waals surface area contributed by atoms with E-state index in [1.54, 1.807) is 0 Å². The van der Waals surface area contributed by atoms with E-state index in [0.29, 0.717) is 0 Å². The molecule has 1 aromatic carbocycles. The molecule has 2 heterocycles. The predicted octanol–water partition coefficient (Wildman–Crippen LogP) is 5.01. The Morgan fingerprint density at radius 2 is 1.50 bits per heavy atom. The van der Waals surface area contributed by atoms with Crippen molar-refractivity contribution in [2.24, 2.45) is 0 Å². The van der Waals surface area contributed by atoms with E-state index in [0.717, 1.165) is 27.3 Å². The van der Waals surface area contributed by atoms with Crippen molar-refractivity contribution in [2.75, 3.05) is 0 Å². The van der Waals surface area contributed by atoms with Crippen LogP contribution in [-0.4, -0.2) is 14.4 Å². The molecule has 114 valence electrons. The molecule has 22 heavy (non-hydrogen) atoms. The molecule has 0 aliphatic heterocycles. The molecule has 0 spiro atoms. The number of hydrogen-bond acceptors (Lipinski definition) is 2. The van der Waals surface area contributed by atoms with E-state index in [-0.39, 0.29) is 0 Å². The molecular weight excluding hydrogens is 338 g/mol. The number of benzene rings is 1. The van der Waals surface area contributed by atoms with E-state index in [1.165, 1.54) is 27.8 Å². The van der Waals surface area contributed by atoms with Gasteiger partial charge in [0.05, 0.1) is 15.9 Å². The average molecular weight is 358 g/mol. The maximum atomic E-state index is 4.78. The lowest BCUT2D eigenvalue weighted by Gasteiger charge is -2.13. The number of hydrogen-bond donors (Lipinski definition) is 0. The average Bonchev–Trinajstić information content (AvgIpc) is 2.87. The predicted molar refractivity (Wildman–Crippen MR) is 94.5 cm³/mol. The smallest absolute Gasteiger partial charge is 0.234 e. The SMILES string of the molecule is Cc1cc(C)c(C)c(-c2cn3c(C)c(Br)c(C)nc3n2)c1C. The summed E-state index contributed by atoms with van der Waals surface area (Å²) in [6.07, 6.45) is 2.09. The molecule has 0 radical (unpaired) electrons. The van der Waals surface area contributed by atoms with E-state index >= 15 is 0 Å². The second-order valence-corrected chi connectivity index (χ2v) is 6.82. The van der Waals surface area contributed by atoms with Gasteiger partial charge in [-0.15, -0.1) is 0 Å². The van der Waals surface area contributed by atoms with Crippen molar-refractivity contribution in [1.82, 2.24) is 14.4 Å². The van der Waals surface area contributed by atoms with Gasteiger partial charge in [0, 0.05) is 17.5 Å². The quantitative estimate of drug-likeness (QED) is 0.612. The summed E-state index contributed by atoms with van der Waals surface area (Å²) in [6.45, 7) is 12.7. The molecule has 0 saturated heterocycles. The van der Waals surface area contributed by atoms with Crippen LogP contribution in [0.15, 0.2) is 16.7 Å². The third-order valence-corrected chi connectivity index (χ3v) is 5.72. The van der Waals surface area contributed by atoms with Crippen LogP contribution in [0.5, 0.6) is 0 Å². The molecule has 4 heteroatoms. The first-order valence-corrected chi connectivity index (χ1v) is 8.20. The number of imidazole rings is 1. The van der Waals surface area contributed by atoms with Crippen molar-refractivity contribution in [3.63, 3.8) is 0 Å². The molecule has 0 unspecified atom stereocenters. The zero-order valence-corrected chi connectivity index (χ0v) is 15.5. The normalized spacial score (nSPS) is 11.4. The number of fused-ring (bicyclic) bond motifs is 1. The van der Waals surface area contributed by atoms with Gasteiger partial charge < -0.3 is 0 Å². The highest BCUT2D eigenvalue weighted by Crippen LogP contribution is 2.32. The van der Waals surface area contributed by atoms with E-state index < -0.39 is 0 Å². The third kappa shape index (κ3) is 2.17. The Balaban J connectivity index is 2.35. The van der Waals surface area contributed by atoms with E-state index in [2.05, 4.69) is 72.2 Å². The Morgan fingerprint density at radius 1 is 0.909 bits per heavy atom. The molecule has 0 amide bonds. The van der Waals surface area contributed by atoms with Crippen LogP contribution in [0.2, 0.25) is 0 Å². The van der Waals surface area contributed by atoms with Gasteiger partial charge in [-0.3, -0.25) is 4.40 Å². The van der Waals surface area contributed by atoms with Crippen molar-refractivity contribution < 1.29 is 0 Å². The fraction of sp³-hybridized carbons (Fsp3) is 0.333. The lowest BCUT2D eigenvalue weighted by atomic mass is 9.93. The molecule has 0 saturated carbocycles. The van der Waals surface area contributed by atoms with Gasteiger partial charge in [0.1, 0.15) is 0 Å². The fourth-order valence-corrected chi connectivity index (χ4v) is 3.26. The van der Waals surface area contributed by atoms with Crippen LogP contribution in [0.3, 0.4) is 0 Å². The molecule has 0 fully saturated rings. The van der Waals surface area contributed by atoms with Crippen molar-refractivity contribution >= 4 is 21.7 Å². The molecule has 0 aliphatic rings. The summed E-state index contributed by atoms with van der Waals surface area (Å²) < 4.78 is 3.10. The van der Waals surface area contributed by atoms with Gasteiger partial charge in [-0.25, -0.2) is 9.97 Å². The monoisotopic (exact) mass is 357 g/mol. The topological polar surface area (TPSA) is 30.2 Å².